The molecular formula is C14H18N4O. The molecule has 0 saturated heterocycles. The molecule has 0 aliphatic carbocycles. The quantitative estimate of drug-likeness (QED) is 0.912. The van der Waals surface area contributed by atoms with Crippen molar-refractivity contribution in [3.63, 3.8) is 0 Å². The summed E-state index contributed by atoms with van der Waals surface area (Å²) in [6.45, 7) is 2.00. The monoisotopic (exact) mass is 258 g/mol. The van der Waals surface area contributed by atoms with Gasteiger partial charge in [0.25, 0.3) is 0 Å². The van der Waals surface area contributed by atoms with Gasteiger partial charge in [0, 0.05) is 31.3 Å². The predicted octanol–water partition coefficient (Wildman–Crippen LogP) is 2.40. The molecule has 1 aromatic carbocycles. The van der Waals surface area contributed by atoms with E-state index in [-0.39, 0.29) is 0 Å². The smallest absolute Gasteiger partial charge is 0.138 e. The molecule has 2 aromatic rings. The second-order valence-corrected chi connectivity index (χ2v) is 4.18. The highest BCUT2D eigenvalue weighted by Gasteiger charge is 2.09. The number of hydrogen-bond acceptors (Lipinski definition) is 5. The SMILES string of the molecule is CCc1nc(N)cc(N(C)c2cccc(OC)c2)n1. The van der Waals surface area contributed by atoms with Gasteiger partial charge in [0.15, 0.2) is 0 Å². The van der Waals surface area contributed by atoms with Crippen molar-refractivity contribution >= 4 is 17.3 Å². The molecule has 5 heteroatoms. The summed E-state index contributed by atoms with van der Waals surface area (Å²) in [6.07, 6.45) is 0.754. The number of benzene rings is 1. The van der Waals surface area contributed by atoms with E-state index in [1.54, 1.807) is 13.2 Å². The number of nitrogen functional groups attached to an aromatic ring is 1. The van der Waals surface area contributed by atoms with E-state index in [4.69, 9.17) is 10.5 Å². The molecule has 0 aliphatic rings. The molecule has 2 rings (SSSR count). The molecule has 2 N–H and O–H groups in total. The van der Waals surface area contributed by atoms with Gasteiger partial charge in [-0.25, -0.2) is 9.97 Å². The van der Waals surface area contributed by atoms with E-state index in [1.807, 2.05) is 43.1 Å². The topological polar surface area (TPSA) is 64.3 Å². The Balaban J connectivity index is 2.37. The number of rotatable bonds is 4. The minimum Gasteiger partial charge on any atom is -0.497 e. The largest absolute Gasteiger partial charge is 0.497 e. The van der Waals surface area contributed by atoms with Gasteiger partial charge in [0.2, 0.25) is 0 Å². The maximum atomic E-state index is 5.80. The van der Waals surface area contributed by atoms with Crippen molar-refractivity contribution in [1.29, 1.82) is 0 Å². The van der Waals surface area contributed by atoms with Gasteiger partial charge in [-0.15, -0.1) is 0 Å². The van der Waals surface area contributed by atoms with E-state index >= 15 is 0 Å². The van der Waals surface area contributed by atoms with Crippen molar-refractivity contribution in [2.45, 2.75) is 13.3 Å². The molecule has 0 bridgehead atoms. The zero-order valence-electron chi connectivity index (χ0n) is 11.4. The summed E-state index contributed by atoms with van der Waals surface area (Å²) in [5, 5.41) is 0. The fourth-order valence-electron chi connectivity index (χ4n) is 1.78. The van der Waals surface area contributed by atoms with Gasteiger partial charge in [-0.2, -0.15) is 0 Å². The molecule has 100 valence electrons. The number of anilines is 3. The summed E-state index contributed by atoms with van der Waals surface area (Å²) in [7, 11) is 3.59. The van der Waals surface area contributed by atoms with Crippen molar-refractivity contribution in [3.05, 3.63) is 36.2 Å². The number of methoxy groups -OCH3 is 1. The molecule has 0 radical (unpaired) electrons. The molecular weight excluding hydrogens is 240 g/mol. The van der Waals surface area contributed by atoms with Crippen LogP contribution in [0.4, 0.5) is 17.3 Å². The lowest BCUT2D eigenvalue weighted by Gasteiger charge is -2.19. The second kappa shape index (κ2) is 5.56. The summed E-state index contributed by atoms with van der Waals surface area (Å²) in [5.41, 5.74) is 6.79. The summed E-state index contributed by atoms with van der Waals surface area (Å²) in [5.74, 6) is 2.81. The minimum absolute atomic E-state index is 0.483. The Bertz CT molecular complexity index is 571. The highest BCUT2D eigenvalue weighted by Crippen LogP contribution is 2.26. The first-order chi connectivity index (χ1) is 9.13. The lowest BCUT2D eigenvalue weighted by molar-refractivity contribution is 0.415. The van der Waals surface area contributed by atoms with Crippen molar-refractivity contribution in [2.75, 3.05) is 24.8 Å². The molecule has 0 saturated carbocycles. The van der Waals surface area contributed by atoms with E-state index in [1.165, 1.54) is 0 Å². The Morgan fingerprint density at radius 3 is 2.74 bits per heavy atom. The average Bonchev–Trinajstić information content (AvgIpc) is 2.45. The Morgan fingerprint density at radius 1 is 1.26 bits per heavy atom. The molecule has 0 atom stereocenters. The van der Waals surface area contributed by atoms with Crippen LogP contribution in [0.1, 0.15) is 12.7 Å². The maximum Gasteiger partial charge on any atom is 0.138 e. The van der Waals surface area contributed by atoms with E-state index in [2.05, 4.69) is 9.97 Å². The number of nitrogens with zero attached hydrogens (tertiary/aromatic N) is 3. The summed E-state index contributed by atoms with van der Waals surface area (Å²) in [4.78, 5) is 10.6. The highest BCUT2D eigenvalue weighted by molar-refractivity contribution is 5.62. The number of aryl methyl sites for hydroxylation is 1. The Hall–Kier alpha value is -2.30. The first-order valence-corrected chi connectivity index (χ1v) is 6.15. The van der Waals surface area contributed by atoms with E-state index in [0.29, 0.717) is 5.82 Å². The molecule has 0 unspecified atom stereocenters. The molecule has 1 aromatic heterocycles. The first-order valence-electron chi connectivity index (χ1n) is 6.15. The Morgan fingerprint density at radius 2 is 2.05 bits per heavy atom. The van der Waals surface area contributed by atoms with Crippen molar-refractivity contribution in [3.8, 4) is 5.75 Å². The first kappa shape index (κ1) is 13.1. The minimum atomic E-state index is 0.483. The van der Waals surface area contributed by atoms with Gasteiger partial charge in [-0.1, -0.05) is 13.0 Å². The van der Waals surface area contributed by atoms with E-state index < -0.39 is 0 Å². The zero-order chi connectivity index (χ0) is 13.8. The molecule has 0 fully saturated rings. The highest BCUT2D eigenvalue weighted by atomic mass is 16.5. The summed E-state index contributed by atoms with van der Waals surface area (Å²) >= 11 is 0. The number of ether oxygens (including phenoxy) is 1. The number of aromatic nitrogens is 2. The second-order valence-electron chi connectivity index (χ2n) is 4.18. The van der Waals surface area contributed by atoms with Crippen LogP contribution in [0.25, 0.3) is 0 Å². The average molecular weight is 258 g/mol. The van der Waals surface area contributed by atoms with Crippen LogP contribution in [0, 0.1) is 0 Å². The van der Waals surface area contributed by atoms with Gasteiger partial charge in [0.1, 0.15) is 23.2 Å². The molecule has 5 nitrogen and oxygen atoms in total. The van der Waals surface area contributed by atoms with Crippen LogP contribution in [-0.2, 0) is 6.42 Å². The third-order valence-electron chi connectivity index (χ3n) is 2.88. The van der Waals surface area contributed by atoms with Gasteiger partial charge >= 0.3 is 0 Å². The number of nitrogens with two attached hydrogens (primary N) is 1. The van der Waals surface area contributed by atoms with E-state index in [9.17, 15) is 0 Å². The van der Waals surface area contributed by atoms with Crippen molar-refractivity contribution in [1.82, 2.24) is 9.97 Å². The van der Waals surface area contributed by atoms with Crippen molar-refractivity contribution in [2.24, 2.45) is 0 Å². The summed E-state index contributed by atoms with van der Waals surface area (Å²) < 4.78 is 5.23. The van der Waals surface area contributed by atoms with E-state index in [0.717, 1.165) is 29.5 Å². The van der Waals surface area contributed by atoms with Gasteiger partial charge in [0.05, 0.1) is 7.11 Å². The van der Waals surface area contributed by atoms with Crippen LogP contribution in [0.2, 0.25) is 0 Å². The predicted molar refractivity (Wildman–Crippen MR) is 76.9 cm³/mol. The normalized spacial score (nSPS) is 10.3. The zero-order valence-corrected chi connectivity index (χ0v) is 11.4. The number of hydrogen-bond donors (Lipinski definition) is 1. The van der Waals surface area contributed by atoms with Crippen molar-refractivity contribution < 1.29 is 4.74 Å². The Kier molecular flexibility index (Phi) is 3.85. The Labute approximate surface area is 113 Å². The van der Waals surface area contributed by atoms with Crippen LogP contribution in [0.3, 0.4) is 0 Å². The lowest BCUT2D eigenvalue weighted by Crippen LogP contribution is -2.13. The van der Waals surface area contributed by atoms with Crippen LogP contribution < -0.4 is 15.4 Å². The van der Waals surface area contributed by atoms with Crippen LogP contribution >= 0.6 is 0 Å². The maximum absolute atomic E-state index is 5.80. The van der Waals surface area contributed by atoms with Gasteiger partial charge in [-0.3, -0.25) is 0 Å². The molecule has 0 amide bonds. The summed E-state index contributed by atoms with van der Waals surface area (Å²) in [6, 6.07) is 9.55. The third kappa shape index (κ3) is 2.93. The fourth-order valence-corrected chi connectivity index (χ4v) is 1.78. The third-order valence-corrected chi connectivity index (χ3v) is 2.88. The van der Waals surface area contributed by atoms with Crippen LogP contribution in [-0.4, -0.2) is 24.1 Å². The van der Waals surface area contributed by atoms with Crippen LogP contribution in [0.5, 0.6) is 5.75 Å². The lowest BCUT2D eigenvalue weighted by atomic mass is 10.2. The molecule has 1 heterocycles. The fraction of sp³-hybridized carbons (Fsp3) is 0.286. The van der Waals surface area contributed by atoms with Gasteiger partial charge < -0.3 is 15.4 Å². The molecule has 19 heavy (non-hydrogen) atoms. The standard InChI is InChI=1S/C14H18N4O/c1-4-13-16-12(15)9-14(17-13)18(2)10-6-5-7-11(8-10)19-3/h5-9H,4H2,1-3H3,(H2,15,16,17). The van der Waals surface area contributed by atoms with Gasteiger partial charge in [-0.05, 0) is 12.1 Å². The molecule has 0 aliphatic heterocycles. The molecule has 0 spiro atoms. The van der Waals surface area contributed by atoms with Crippen LogP contribution in [0.15, 0.2) is 30.3 Å².